The first-order valence-electron chi connectivity index (χ1n) is 6.18. The zero-order valence-corrected chi connectivity index (χ0v) is 10.7. The lowest BCUT2D eigenvalue weighted by Gasteiger charge is -2.09. The zero-order valence-electron chi connectivity index (χ0n) is 9.93. The van der Waals surface area contributed by atoms with E-state index < -0.39 is 6.10 Å². The van der Waals surface area contributed by atoms with Crippen LogP contribution < -0.4 is 5.32 Å². The number of hydrogen-bond donors (Lipinski definition) is 2. The Morgan fingerprint density at radius 3 is 2.94 bits per heavy atom. The number of carbonyl (C=O) groups excluding carboxylic acids is 1. The van der Waals surface area contributed by atoms with Gasteiger partial charge in [0.1, 0.15) is 6.10 Å². The molecule has 18 heavy (non-hydrogen) atoms. The summed E-state index contributed by atoms with van der Waals surface area (Å²) in [5.41, 5.74) is 0. The second-order valence-electron chi connectivity index (χ2n) is 4.72. The topological polar surface area (TPSA) is 49.3 Å². The summed E-state index contributed by atoms with van der Waals surface area (Å²) in [5, 5.41) is 14.0. The van der Waals surface area contributed by atoms with E-state index in [1.807, 2.05) is 30.3 Å². The first-order valence-corrected chi connectivity index (χ1v) is 7.00. The first kappa shape index (κ1) is 11.7. The summed E-state index contributed by atoms with van der Waals surface area (Å²) in [7, 11) is 0. The van der Waals surface area contributed by atoms with E-state index in [0.29, 0.717) is 6.54 Å². The van der Waals surface area contributed by atoms with E-state index in [9.17, 15) is 9.90 Å². The number of thiophene rings is 1. The van der Waals surface area contributed by atoms with Crippen molar-refractivity contribution in [1.29, 1.82) is 0 Å². The molecule has 1 fully saturated rings. The summed E-state index contributed by atoms with van der Waals surface area (Å²) >= 11 is 1.58. The molecule has 1 amide bonds. The highest BCUT2D eigenvalue weighted by Gasteiger charge is 2.29. The van der Waals surface area contributed by atoms with Crippen LogP contribution in [0.3, 0.4) is 0 Å². The van der Waals surface area contributed by atoms with E-state index in [1.54, 1.807) is 11.3 Å². The summed E-state index contributed by atoms with van der Waals surface area (Å²) < 4.78 is 1.17. The minimum absolute atomic E-state index is 0.0789. The highest BCUT2D eigenvalue weighted by atomic mass is 32.1. The molecule has 0 saturated heterocycles. The summed E-state index contributed by atoms with van der Waals surface area (Å²) in [6.07, 6.45) is 1.38. The molecule has 2 aromatic rings. The van der Waals surface area contributed by atoms with E-state index >= 15 is 0 Å². The Balaban J connectivity index is 1.67. The number of carbonyl (C=O) groups is 1. The van der Waals surface area contributed by atoms with Crippen LogP contribution in [0.25, 0.3) is 10.1 Å². The third kappa shape index (κ3) is 2.40. The number of amides is 1. The molecule has 3 nitrogen and oxygen atoms in total. The minimum atomic E-state index is -0.606. The molecular formula is C14H15NO2S. The molecule has 1 aliphatic rings. The lowest BCUT2D eigenvalue weighted by atomic mass is 10.2. The maximum absolute atomic E-state index is 11.5. The normalized spacial score (nSPS) is 16.7. The lowest BCUT2D eigenvalue weighted by molar-refractivity contribution is -0.122. The van der Waals surface area contributed by atoms with Crippen LogP contribution in [0.1, 0.15) is 23.8 Å². The molecule has 1 aromatic heterocycles. The van der Waals surface area contributed by atoms with Gasteiger partial charge in [0.15, 0.2) is 0 Å². The van der Waals surface area contributed by atoms with Gasteiger partial charge in [-0.25, -0.2) is 0 Å². The molecule has 4 heteroatoms. The quantitative estimate of drug-likeness (QED) is 0.888. The predicted molar refractivity (Wildman–Crippen MR) is 72.5 cm³/mol. The van der Waals surface area contributed by atoms with Crippen molar-refractivity contribution in [3.8, 4) is 0 Å². The van der Waals surface area contributed by atoms with E-state index in [1.165, 1.54) is 4.70 Å². The molecule has 1 aromatic carbocycles. The van der Waals surface area contributed by atoms with E-state index in [0.717, 1.165) is 23.1 Å². The molecule has 1 atom stereocenters. The SMILES string of the molecule is O=C(NCC(O)c1cc2ccccc2s1)C1CC1. The van der Waals surface area contributed by atoms with Crippen molar-refractivity contribution in [2.75, 3.05) is 6.54 Å². The van der Waals surface area contributed by atoms with Gasteiger partial charge < -0.3 is 10.4 Å². The summed E-state index contributed by atoms with van der Waals surface area (Å²) in [4.78, 5) is 12.4. The number of benzene rings is 1. The Morgan fingerprint density at radius 2 is 2.22 bits per heavy atom. The number of hydrogen-bond acceptors (Lipinski definition) is 3. The van der Waals surface area contributed by atoms with Crippen molar-refractivity contribution >= 4 is 27.3 Å². The molecule has 0 aliphatic heterocycles. The number of fused-ring (bicyclic) bond motifs is 1. The number of nitrogens with one attached hydrogen (secondary N) is 1. The third-order valence-electron chi connectivity index (χ3n) is 3.19. The zero-order chi connectivity index (χ0) is 12.5. The van der Waals surface area contributed by atoms with Crippen molar-refractivity contribution in [1.82, 2.24) is 5.32 Å². The fraction of sp³-hybridized carbons (Fsp3) is 0.357. The van der Waals surface area contributed by atoms with E-state index in [2.05, 4.69) is 5.32 Å². The van der Waals surface area contributed by atoms with Gasteiger partial charge >= 0.3 is 0 Å². The average molecular weight is 261 g/mol. The molecular weight excluding hydrogens is 246 g/mol. The van der Waals surface area contributed by atoms with Gasteiger partial charge in [-0.1, -0.05) is 18.2 Å². The average Bonchev–Trinajstić information content (AvgIpc) is 3.14. The van der Waals surface area contributed by atoms with Crippen molar-refractivity contribution in [3.63, 3.8) is 0 Å². The van der Waals surface area contributed by atoms with Crippen LogP contribution in [-0.2, 0) is 4.79 Å². The molecule has 0 bridgehead atoms. The Labute approximate surface area is 109 Å². The van der Waals surface area contributed by atoms with Gasteiger partial charge in [0.2, 0.25) is 5.91 Å². The molecule has 1 heterocycles. The Bertz CT molecular complexity index is 541. The highest BCUT2D eigenvalue weighted by molar-refractivity contribution is 7.19. The fourth-order valence-corrected chi connectivity index (χ4v) is 3.00. The van der Waals surface area contributed by atoms with Crippen LogP contribution in [0.15, 0.2) is 30.3 Å². The summed E-state index contributed by atoms with van der Waals surface area (Å²) in [6.45, 7) is 0.308. The van der Waals surface area contributed by atoms with Gasteiger partial charge in [0.05, 0.1) is 0 Å². The molecule has 1 saturated carbocycles. The fourth-order valence-electron chi connectivity index (χ4n) is 1.95. The van der Waals surface area contributed by atoms with Crippen molar-refractivity contribution in [3.05, 3.63) is 35.2 Å². The first-order chi connectivity index (χ1) is 8.74. The molecule has 94 valence electrons. The summed E-state index contributed by atoms with van der Waals surface area (Å²) in [6, 6.07) is 10.0. The van der Waals surface area contributed by atoms with Crippen molar-refractivity contribution < 1.29 is 9.90 Å². The van der Waals surface area contributed by atoms with Gasteiger partial charge in [-0.2, -0.15) is 0 Å². The maximum Gasteiger partial charge on any atom is 0.223 e. The largest absolute Gasteiger partial charge is 0.386 e. The smallest absolute Gasteiger partial charge is 0.223 e. The Morgan fingerprint density at radius 1 is 1.44 bits per heavy atom. The van der Waals surface area contributed by atoms with Gasteiger partial charge in [-0.15, -0.1) is 11.3 Å². The third-order valence-corrected chi connectivity index (χ3v) is 4.41. The summed E-state index contributed by atoms with van der Waals surface area (Å²) in [5.74, 6) is 0.273. The van der Waals surface area contributed by atoms with Crippen LogP contribution in [-0.4, -0.2) is 17.6 Å². The second-order valence-corrected chi connectivity index (χ2v) is 5.84. The highest BCUT2D eigenvalue weighted by Crippen LogP contribution is 2.31. The van der Waals surface area contributed by atoms with Crippen LogP contribution >= 0.6 is 11.3 Å². The van der Waals surface area contributed by atoms with Crippen LogP contribution in [0, 0.1) is 5.92 Å². The molecule has 2 N–H and O–H groups in total. The van der Waals surface area contributed by atoms with E-state index in [4.69, 9.17) is 0 Å². The van der Waals surface area contributed by atoms with Crippen LogP contribution in [0.5, 0.6) is 0 Å². The maximum atomic E-state index is 11.5. The molecule has 3 rings (SSSR count). The van der Waals surface area contributed by atoms with Crippen LogP contribution in [0.2, 0.25) is 0 Å². The second kappa shape index (κ2) is 4.71. The van der Waals surface area contributed by atoms with Gasteiger partial charge in [0.25, 0.3) is 0 Å². The number of rotatable bonds is 4. The lowest BCUT2D eigenvalue weighted by Crippen LogP contribution is -2.29. The molecule has 0 spiro atoms. The number of aliphatic hydroxyl groups is 1. The van der Waals surface area contributed by atoms with Crippen LogP contribution in [0.4, 0.5) is 0 Å². The van der Waals surface area contributed by atoms with E-state index in [-0.39, 0.29) is 11.8 Å². The molecule has 1 aliphatic carbocycles. The minimum Gasteiger partial charge on any atom is -0.386 e. The number of aliphatic hydroxyl groups excluding tert-OH is 1. The standard InChI is InChI=1S/C14H15NO2S/c16-11(8-15-14(17)9-5-6-9)13-7-10-3-1-2-4-12(10)18-13/h1-4,7,9,11,16H,5-6,8H2,(H,15,17). The van der Waals surface area contributed by atoms with Crippen molar-refractivity contribution in [2.24, 2.45) is 5.92 Å². The molecule has 0 radical (unpaired) electrons. The van der Waals surface area contributed by atoms with Gasteiger partial charge in [-0.05, 0) is 30.4 Å². The predicted octanol–water partition coefficient (Wildman–Crippen LogP) is 2.46. The monoisotopic (exact) mass is 261 g/mol. The van der Waals surface area contributed by atoms with Gasteiger partial charge in [-0.3, -0.25) is 4.79 Å². The van der Waals surface area contributed by atoms with Crippen molar-refractivity contribution in [2.45, 2.75) is 18.9 Å². The van der Waals surface area contributed by atoms with Gasteiger partial charge in [0, 0.05) is 22.0 Å². The Kier molecular flexibility index (Phi) is 3.06. The Hall–Kier alpha value is -1.39. The molecule has 1 unspecified atom stereocenters.